The van der Waals surface area contributed by atoms with Gasteiger partial charge in [0.15, 0.2) is 0 Å². The van der Waals surface area contributed by atoms with Gasteiger partial charge in [-0.2, -0.15) is 0 Å². The van der Waals surface area contributed by atoms with Crippen molar-refractivity contribution < 1.29 is 4.74 Å². The first-order chi connectivity index (χ1) is 8.56. The summed E-state index contributed by atoms with van der Waals surface area (Å²) in [5.41, 5.74) is 0. The summed E-state index contributed by atoms with van der Waals surface area (Å²) in [6.45, 7) is 16.8. The Balaban J connectivity index is 2.37. The van der Waals surface area contributed by atoms with E-state index in [1.165, 1.54) is 0 Å². The number of hydrogen-bond acceptors (Lipinski definition) is 3. The highest BCUT2D eigenvalue weighted by molar-refractivity contribution is 4.84. The molecule has 4 atom stereocenters. The van der Waals surface area contributed by atoms with Crippen LogP contribution in [-0.2, 0) is 4.74 Å². The predicted octanol–water partition coefficient (Wildman–Crippen LogP) is 2.29. The second-order valence-corrected chi connectivity index (χ2v) is 5.63. The van der Waals surface area contributed by atoms with Crippen LogP contribution >= 0.6 is 0 Å². The minimum Gasteiger partial charge on any atom is -0.379 e. The van der Waals surface area contributed by atoms with Crippen molar-refractivity contribution in [3.8, 4) is 0 Å². The Morgan fingerprint density at radius 1 is 1.17 bits per heavy atom. The van der Waals surface area contributed by atoms with Gasteiger partial charge in [-0.05, 0) is 33.1 Å². The van der Waals surface area contributed by atoms with Crippen LogP contribution in [0, 0.1) is 5.92 Å². The largest absolute Gasteiger partial charge is 0.379 e. The molecule has 1 heterocycles. The molecule has 0 bridgehead atoms. The molecule has 1 rings (SSSR count). The molecule has 0 radical (unpaired) electrons. The summed E-state index contributed by atoms with van der Waals surface area (Å²) in [7, 11) is 0. The average Bonchev–Trinajstić information content (AvgIpc) is 2.39. The van der Waals surface area contributed by atoms with Gasteiger partial charge in [-0.3, -0.25) is 4.90 Å². The molecule has 1 saturated heterocycles. The Bertz CT molecular complexity index is 239. The van der Waals surface area contributed by atoms with Crippen molar-refractivity contribution in [1.29, 1.82) is 0 Å². The Kier molecular flexibility index (Phi) is 6.90. The van der Waals surface area contributed by atoms with Crippen molar-refractivity contribution in [1.82, 2.24) is 10.2 Å². The zero-order chi connectivity index (χ0) is 13.5. The van der Waals surface area contributed by atoms with E-state index in [4.69, 9.17) is 4.74 Å². The van der Waals surface area contributed by atoms with Gasteiger partial charge in [-0.15, -0.1) is 6.58 Å². The van der Waals surface area contributed by atoms with Gasteiger partial charge in [0.25, 0.3) is 0 Å². The zero-order valence-corrected chi connectivity index (χ0v) is 12.5. The fourth-order valence-corrected chi connectivity index (χ4v) is 2.49. The standard InChI is InChI=1S/C15H30N2O/c1-6-7-12(2)13(3)16-14(4)15(5)17-8-10-18-11-9-17/h6,12-16H,1,7-11H2,2-5H3/t12-,13-,14+,15-/m0/s1. The number of morpholine rings is 1. The first kappa shape index (κ1) is 15.7. The molecular formula is C15H30N2O. The van der Waals surface area contributed by atoms with Crippen LogP contribution in [0.5, 0.6) is 0 Å². The van der Waals surface area contributed by atoms with Crippen LogP contribution < -0.4 is 5.32 Å². The van der Waals surface area contributed by atoms with Gasteiger partial charge in [0, 0.05) is 31.2 Å². The molecule has 0 amide bonds. The lowest BCUT2D eigenvalue weighted by Crippen LogP contribution is -2.53. The first-order valence-electron chi connectivity index (χ1n) is 7.25. The summed E-state index contributed by atoms with van der Waals surface area (Å²) in [6, 6.07) is 1.60. The van der Waals surface area contributed by atoms with Gasteiger partial charge in [0.1, 0.15) is 0 Å². The van der Waals surface area contributed by atoms with E-state index in [-0.39, 0.29) is 0 Å². The Morgan fingerprint density at radius 3 is 2.33 bits per heavy atom. The van der Waals surface area contributed by atoms with Crippen LogP contribution in [0.25, 0.3) is 0 Å². The Labute approximate surface area is 113 Å². The van der Waals surface area contributed by atoms with Crippen molar-refractivity contribution >= 4 is 0 Å². The molecule has 1 fully saturated rings. The lowest BCUT2D eigenvalue weighted by molar-refractivity contribution is 0.0124. The normalized spacial score (nSPS) is 24.2. The van der Waals surface area contributed by atoms with E-state index in [1.807, 2.05) is 6.08 Å². The highest BCUT2D eigenvalue weighted by Crippen LogP contribution is 2.12. The minimum absolute atomic E-state index is 0.505. The summed E-state index contributed by atoms with van der Waals surface area (Å²) in [4.78, 5) is 2.52. The van der Waals surface area contributed by atoms with Gasteiger partial charge >= 0.3 is 0 Å². The van der Waals surface area contributed by atoms with Crippen molar-refractivity contribution in [3.63, 3.8) is 0 Å². The third-order valence-corrected chi connectivity index (χ3v) is 4.26. The summed E-state index contributed by atoms with van der Waals surface area (Å²) >= 11 is 0. The van der Waals surface area contributed by atoms with Gasteiger partial charge in [-0.1, -0.05) is 13.0 Å². The van der Waals surface area contributed by atoms with Crippen molar-refractivity contribution in [2.75, 3.05) is 26.3 Å². The third-order valence-electron chi connectivity index (χ3n) is 4.26. The van der Waals surface area contributed by atoms with Crippen molar-refractivity contribution in [2.45, 2.75) is 52.2 Å². The van der Waals surface area contributed by atoms with E-state index < -0.39 is 0 Å². The molecule has 0 unspecified atom stereocenters. The molecule has 0 saturated carbocycles. The summed E-state index contributed by atoms with van der Waals surface area (Å²) < 4.78 is 5.41. The second kappa shape index (κ2) is 7.93. The summed E-state index contributed by atoms with van der Waals surface area (Å²) in [5.74, 6) is 0.641. The van der Waals surface area contributed by atoms with Crippen molar-refractivity contribution in [3.05, 3.63) is 12.7 Å². The van der Waals surface area contributed by atoms with Gasteiger partial charge in [0.05, 0.1) is 13.2 Å². The van der Waals surface area contributed by atoms with Crippen molar-refractivity contribution in [2.24, 2.45) is 5.92 Å². The molecule has 0 aliphatic carbocycles. The molecule has 0 aromatic carbocycles. The topological polar surface area (TPSA) is 24.5 Å². The molecule has 0 spiro atoms. The second-order valence-electron chi connectivity index (χ2n) is 5.63. The zero-order valence-electron chi connectivity index (χ0n) is 12.5. The van der Waals surface area contributed by atoms with E-state index in [9.17, 15) is 0 Å². The molecule has 18 heavy (non-hydrogen) atoms. The number of nitrogens with one attached hydrogen (secondary N) is 1. The maximum absolute atomic E-state index is 5.41. The number of ether oxygens (including phenoxy) is 1. The molecule has 3 heteroatoms. The summed E-state index contributed by atoms with van der Waals surface area (Å²) in [6.07, 6.45) is 3.09. The van der Waals surface area contributed by atoms with Gasteiger partial charge < -0.3 is 10.1 Å². The van der Waals surface area contributed by atoms with E-state index in [1.54, 1.807) is 0 Å². The first-order valence-corrected chi connectivity index (χ1v) is 7.25. The Hall–Kier alpha value is -0.380. The highest BCUT2D eigenvalue weighted by atomic mass is 16.5. The average molecular weight is 254 g/mol. The lowest BCUT2D eigenvalue weighted by Gasteiger charge is -2.37. The van der Waals surface area contributed by atoms with Crippen LogP contribution in [-0.4, -0.2) is 49.3 Å². The van der Waals surface area contributed by atoms with E-state index in [0.717, 1.165) is 32.7 Å². The van der Waals surface area contributed by atoms with Gasteiger partial charge in [-0.25, -0.2) is 0 Å². The van der Waals surface area contributed by atoms with Crippen LogP contribution in [0.3, 0.4) is 0 Å². The fraction of sp³-hybridized carbons (Fsp3) is 0.867. The predicted molar refractivity (Wildman–Crippen MR) is 77.9 cm³/mol. The number of nitrogens with zero attached hydrogens (tertiary/aromatic N) is 1. The van der Waals surface area contributed by atoms with Crippen LogP contribution in [0.15, 0.2) is 12.7 Å². The molecular weight excluding hydrogens is 224 g/mol. The molecule has 3 nitrogen and oxygen atoms in total. The number of hydrogen-bond donors (Lipinski definition) is 1. The Morgan fingerprint density at radius 2 is 1.78 bits per heavy atom. The lowest BCUT2D eigenvalue weighted by atomic mass is 9.98. The van der Waals surface area contributed by atoms with Crippen LogP contribution in [0.2, 0.25) is 0 Å². The molecule has 1 N–H and O–H groups in total. The molecule has 0 aromatic heterocycles. The van der Waals surface area contributed by atoms with Crippen LogP contribution in [0.4, 0.5) is 0 Å². The smallest absolute Gasteiger partial charge is 0.0594 e. The SMILES string of the molecule is C=CC[C@H](C)[C@H](C)N[C@H](C)[C@H](C)N1CCOCC1. The maximum Gasteiger partial charge on any atom is 0.0594 e. The van der Waals surface area contributed by atoms with E-state index in [2.05, 4.69) is 44.5 Å². The van der Waals surface area contributed by atoms with E-state index >= 15 is 0 Å². The molecule has 0 aromatic rings. The third kappa shape index (κ3) is 4.71. The minimum atomic E-state index is 0.505. The molecule has 1 aliphatic heterocycles. The fourth-order valence-electron chi connectivity index (χ4n) is 2.49. The van der Waals surface area contributed by atoms with E-state index in [0.29, 0.717) is 24.0 Å². The molecule has 106 valence electrons. The highest BCUT2D eigenvalue weighted by Gasteiger charge is 2.23. The van der Waals surface area contributed by atoms with Crippen LogP contribution in [0.1, 0.15) is 34.1 Å². The summed E-state index contributed by atoms with van der Waals surface area (Å²) in [5, 5.41) is 3.73. The quantitative estimate of drug-likeness (QED) is 0.706. The monoisotopic (exact) mass is 254 g/mol. The number of allylic oxidation sites excluding steroid dienone is 1. The number of rotatable bonds is 7. The van der Waals surface area contributed by atoms with Gasteiger partial charge in [0.2, 0.25) is 0 Å². The molecule has 1 aliphatic rings. The maximum atomic E-state index is 5.41.